The lowest BCUT2D eigenvalue weighted by atomic mass is 10.0. The summed E-state index contributed by atoms with van der Waals surface area (Å²) in [5, 5.41) is 10.6. The van der Waals surface area contributed by atoms with Crippen LogP contribution >= 0.6 is 0 Å². The van der Waals surface area contributed by atoms with Crippen LogP contribution in [0.25, 0.3) is 0 Å². The SMILES string of the molecule is O/N=C1/c2c(C(F)(F)F)ccc(OCC(F)F)c2[C@@H](F)C1(F)F. The van der Waals surface area contributed by atoms with Gasteiger partial charge < -0.3 is 9.94 Å². The average Bonchev–Trinajstić information content (AvgIpc) is 2.62. The van der Waals surface area contributed by atoms with Crippen molar-refractivity contribution < 1.29 is 45.1 Å². The van der Waals surface area contributed by atoms with Crippen molar-refractivity contribution in [2.75, 3.05) is 6.61 Å². The lowest BCUT2D eigenvalue weighted by Crippen LogP contribution is -2.28. The zero-order valence-corrected chi connectivity index (χ0v) is 10.8. The third-order valence-corrected chi connectivity index (χ3v) is 3.10. The van der Waals surface area contributed by atoms with Crippen molar-refractivity contribution in [2.24, 2.45) is 5.16 Å². The van der Waals surface area contributed by atoms with Crippen LogP contribution < -0.4 is 4.74 Å². The van der Waals surface area contributed by atoms with E-state index in [-0.39, 0.29) is 6.07 Å². The van der Waals surface area contributed by atoms with Crippen LogP contribution in [0, 0.1) is 0 Å². The third kappa shape index (κ3) is 2.79. The number of rotatable bonds is 3. The van der Waals surface area contributed by atoms with Crippen LogP contribution in [0.4, 0.5) is 35.1 Å². The van der Waals surface area contributed by atoms with E-state index < -0.39 is 59.5 Å². The Morgan fingerprint density at radius 2 is 1.87 bits per heavy atom. The summed E-state index contributed by atoms with van der Waals surface area (Å²) in [5.41, 5.74) is -6.22. The van der Waals surface area contributed by atoms with Gasteiger partial charge in [0.2, 0.25) is 0 Å². The predicted molar refractivity (Wildman–Crippen MR) is 60.1 cm³/mol. The molecule has 128 valence electrons. The zero-order valence-electron chi connectivity index (χ0n) is 10.8. The van der Waals surface area contributed by atoms with Gasteiger partial charge in [-0.05, 0) is 12.1 Å². The van der Waals surface area contributed by atoms with E-state index in [9.17, 15) is 35.1 Å². The third-order valence-electron chi connectivity index (χ3n) is 3.10. The summed E-state index contributed by atoms with van der Waals surface area (Å²) in [6.07, 6.45) is -11.6. The molecule has 1 aromatic carbocycles. The topological polar surface area (TPSA) is 41.8 Å². The number of hydrogen-bond acceptors (Lipinski definition) is 3. The maximum absolute atomic E-state index is 13.9. The number of nitrogens with zero attached hydrogens (tertiary/aromatic N) is 1. The van der Waals surface area contributed by atoms with Gasteiger partial charge >= 0.3 is 12.1 Å². The van der Waals surface area contributed by atoms with Gasteiger partial charge in [0, 0.05) is 11.1 Å². The average molecular weight is 349 g/mol. The van der Waals surface area contributed by atoms with E-state index in [0.717, 1.165) is 0 Å². The van der Waals surface area contributed by atoms with Gasteiger partial charge in [-0.1, -0.05) is 5.16 Å². The molecule has 0 unspecified atom stereocenters. The Balaban J connectivity index is 2.70. The first-order chi connectivity index (χ1) is 10.5. The Labute approximate surface area is 123 Å². The van der Waals surface area contributed by atoms with Crippen LogP contribution in [-0.4, -0.2) is 29.9 Å². The number of alkyl halides is 8. The summed E-state index contributed by atoms with van der Waals surface area (Å²) in [4.78, 5) is 0. The lowest BCUT2D eigenvalue weighted by molar-refractivity contribution is -0.137. The largest absolute Gasteiger partial charge is 0.487 e. The van der Waals surface area contributed by atoms with Gasteiger partial charge in [0.1, 0.15) is 12.4 Å². The molecular weight excluding hydrogens is 342 g/mol. The summed E-state index contributed by atoms with van der Waals surface area (Å²) in [6, 6.07) is 0.728. The molecule has 0 heterocycles. The first-order valence-electron chi connectivity index (χ1n) is 5.91. The molecule has 23 heavy (non-hydrogen) atoms. The number of hydrogen-bond donors (Lipinski definition) is 1. The summed E-state index contributed by atoms with van der Waals surface area (Å²) in [5.74, 6) is -5.47. The van der Waals surface area contributed by atoms with Gasteiger partial charge in [-0.2, -0.15) is 22.0 Å². The van der Waals surface area contributed by atoms with Crippen molar-refractivity contribution in [1.29, 1.82) is 0 Å². The van der Waals surface area contributed by atoms with E-state index in [0.29, 0.717) is 6.07 Å². The number of benzene rings is 1. The van der Waals surface area contributed by atoms with Crippen molar-refractivity contribution in [2.45, 2.75) is 24.7 Å². The first kappa shape index (κ1) is 17.3. The molecule has 3 nitrogen and oxygen atoms in total. The standard InChI is InChI=1S/C12H7F8NO2/c13-6(14)3-23-5-2-1-4(12(18,19)20)7-8(5)9(15)11(16,17)10(7)21-22/h1-2,6,9,22H,3H2/b21-10-/t9-/m1/s1. The van der Waals surface area contributed by atoms with Crippen LogP contribution in [0.2, 0.25) is 0 Å². The minimum absolute atomic E-state index is 0.263. The van der Waals surface area contributed by atoms with Gasteiger partial charge in [-0.15, -0.1) is 0 Å². The van der Waals surface area contributed by atoms with Gasteiger partial charge in [-0.25, -0.2) is 13.2 Å². The quantitative estimate of drug-likeness (QED) is 0.505. The molecule has 11 heteroatoms. The Hall–Kier alpha value is -2.07. The van der Waals surface area contributed by atoms with E-state index in [1.807, 2.05) is 0 Å². The maximum Gasteiger partial charge on any atom is 0.417 e. The summed E-state index contributed by atoms with van der Waals surface area (Å²) in [6.45, 7) is -1.33. The minimum atomic E-state index is -5.17. The van der Waals surface area contributed by atoms with Gasteiger partial charge in [-0.3, -0.25) is 0 Å². The smallest absolute Gasteiger partial charge is 0.417 e. The van der Waals surface area contributed by atoms with Crippen LogP contribution in [0.3, 0.4) is 0 Å². The normalized spacial score (nSPS) is 21.8. The van der Waals surface area contributed by atoms with E-state index >= 15 is 0 Å². The van der Waals surface area contributed by atoms with Crippen LogP contribution in [-0.2, 0) is 6.18 Å². The number of fused-ring (bicyclic) bond motifs is 1. The molecule has 0 fully saturated rings. The molecule has 0 aromatic heterocycles. The predicted octanol–water partition coefficient (Wildman–Crippen LogP) is 4.19. The molecule has 0 radical (unpaired) electrons. The second-order valence-corrected chi connectivity index (χ2v) is 4.53. The number of oxime groups is 1. The van der Waals surface area contributed by atoms with Crippen molar-refractivity contribution in [3.63, 3.8) is 0 Å². The second kappa shape index (κ2) is 5.53. The van der Waals surface area contributed by atoms with Crippen LogP contribution in [0.5, 0.6) is 5.75 Å². The molecule has 0 spiro atoms. The van der Waals surface area contributed by atoms with Crippen LogP contribution in [0.15, 0.2) is 17.3 Å². The van der Waals surface area contributed by atoms with E-state index in [2.05, 4.69) is 9.89 Å². The summed E-state index contributed by atoms with van der Waals surface area (Å²) in [7, 11) is 0. The van der Waals surface area contributed by atoms with Crippen molar-refractivity contribution in [3.8, 4) is 5.75 Å². The fraction of sp³-hybridized carbons (Fsp3) is 0.417. The molecule has 0 saturated heterocycles. The molecule has 2 rings (SSSR count). The Morgan fingerprint density at radius 3 is 2.35 bits per heavy atom. The summed E-state index contributed by atoms with van der Waals surface area (Å²) >= 11 is 0. The highest BCUT2D eigenvalue weighted by molar-refractivity contribution is 6.11. The first-order valence-corrected chi connectivity index (χ1v) is 5.91. The van der Waals surface area contributed by atoms with Crippen LogP contribution in [0.1, 0.15) is 22.9 Å². The van der Waals surface area contributed by atoms with Gasteiger partial charge in [0.15, 0.2) is 11.9 Å². The molecule has 1 N–H and O–H groups in total. The second-order valence-electron chi connectivity index (χ2n) is 4.53. The molecule has 1 atom stereocenters. The highest BCUT2D eigenvalue weighted by Crippen LogP contribution is 2.53. The molecule has 1 aliphatic carbocycles. The highest BCUT2D eigenvalue weighted by atomic mass is 19.4. The minimum Gasteiger partial charge on any atom is -0.487 e. The molecule has 1 aromatic rings. The van der Waals surface area contributed by atoms with Gasteiger partial charge in [0.05, 0.1) is 5.56 Å². The fourth-order valence-corrected chi connectivity index (χ4v) is 2.21. The van der Waals surface area contributed by atoms with E-state index in [1.165, 1.54) is 0 Å². The Kier molecular flexibility index (Phi) is 4.16. The maximum atomic E-state index is 13.9. The number of ether oxygens (including phenoxy) is 1. The zero-order chi connectivity index (χ0) is 17.6. The summed E-state index contributed by atoms with van der Waals surface area (Å²) < 4.78 is 109. The van der Waals surface area contributed by atoms with Crippen molar-refractivity contribution in [1.82, 2.24) is 0 Å². The molecule has 0 saturated carbocycles. The Bertz CT molecular complexity index is 641. The van der Waals surface area contributed by atoms with Gasteiger partial charge in [0.25, 0.3) is 6.43 Å². The molecular formula is C12H7F8NO2. The van der Waals surface area contributed by atoms with Crippen molar-refractivity contribution in [3.05, 3.63) is 28.8 Å². The lowest BCUT2D eigenvalue weighted by Gasteiger charge is -2.15. The molecule has 0 aliphatic heterocycles. The molecule has 1 aliphatic rings. The molecule has 0 bridgehead atoms. The van der Waals surface area contributed by atoms with E-state index in [4.69, 9.17) is 5.21 Å². The van der Waals surface area contributed by atoms with Crippen molar-refractivity contribution >= 4 is 5.71 Å². The van der Waals surface area contributed by atoms with E-state index in [1.54, 1.807) is 0 Å². The monoisotopic (exact) mass is 349 g/mol. The highest BCUT2D eigenvalue weighted by Gasteiger charge is 2.59. The fourth-order valence-electron chi connectivity index (χ4n) is 2.21. The Morgan fingerprint density at radius 1 is 1.26 bits per heavy atom. The number of halogens is 8. The molecule has 0 amide bonds.